The summed E-state index contributed by atoms with van der Waals surface area (Å²) in [6.07, 6.45) is 3.07. The lowest BCUT2D eigenvalue weighted by molar-refractivity contribution is 0.482. The number of aromatic nitrogens is 4. The molecular weight excluding hydrogens is 576 g/mol. The molecule has 0 unspecified atom stereocenters. The zero-order valence-electron chi connectivity index (χ0n) is 21.4. The molecular formula is C30H18N4O6S2. The van der Waals surface area contributed by atoms with Gasteiger partial charge in [0, 0.05) is 45.1 Å². The van der Waals surface area contributed by atoms with Crippen molar-refractivity contribution in [3.05, 3.63) is 97.3 Å². The van der Waals surface area contributed by atoms with Crippen molar-refractivity contribution >= 4 is 63.8 Å². The first kappa shape index (κ1) is 26.0. The van der Waals surface area contributed by atoms with E-state index in [1.165, 1.54) is 24.5 Å². The molecule has 0 aliphatic heterocycles. The molecule has 2 N–H and O–H groups in total. The minimum Gasteiger partial charge on any atom is -0.282 e. The van der Waals surface area contributed by atoms with Gasteiger partial charge >= 0.3 is 0 Å². The third-order valence-electron chi connectivity index (χ3n) is 7.03. The lowest BCUT2D eigenvalue weighted by atomic mass is 10.0. The third kappa shape index (κ3) is 4.33. The van der Waals surface area contributed by atoms with E-state index in [-0.39, 0.29) is 20.6 Å². The van der Waals surface area contributed by atoms with Crippen LogP contribution in [0, 0.1) is 0 Å². The molecule has 0 amide bonds. The molecule has 0 atom stereocenters. The monoisotopic (exact) mass is 594 g/mol. The maximum absolute atomic E-state index is 12.0. The lowest BCUT2D eigenvalue weighted by Crippen LogP contribution is -2.01. The summed E-state index contributed by atoms with van der Waals surface area (Å²) in [5, 5.41) is 1.55. The molecule has 4 aromatic heterocycles. The zero-order chi connectivity index (χ0) is 29.2. The van der Waals surface area contributed by atoms with Gasteiger partial charge in [0.25, 0.3) is 20.2 Å². The fourth-order valence-electron chi connectivity index (χ4n) is 5.16. The van der Waals surface area contributed by atoms with Gasteiger partial charge in [-0.25, -0.2) is 9.97 Å². The standard InChI is InChI=1S/C30H18N4O6S2/c35-41(36,37)25-15-19-8-10-23(33-27(19)29-21(25)6-2-12-31-29)17-4-1-5-18(14-17)24-11-9-20-16-26(42(38,39)40)22-7-3-13-32-30(22)28(20)34-24/h1-16H,(H,35,36,37)(H,38,39,40). The largest absolute Gasteiger partial charge is 0.295 e. The van der Waals surface area contributed by atoms with E-state index in [9.17, 15) is 25.9 Å². The van der Waals surface area contributed by atoms with Gasteiger partial charge in [-0.05, 0) is 54.6 Å². The number of fused-ring (bicyclic) bond motifs is 6. The molecule has 7 rings (SSSR count). The summed E-state index contributed by atoms with van der Waals surface area (Å²) >= 11 is 0. The smallest absolute Gasteiger partial charge is 0.282 e. The molecule has 0 saturated carbocycles. The summed E-state index contributed by atoms with van der Waals surface area (Å²) in [5.41, 5.74) is 4.42. The van der Waals surface area contributed by atoms with Gasteiger partial charge in [0.2, 0.25) is 0 Å². The van der Waals surface area contributed by atoms with Crippen LogP contribution in [-0.4, -0.2) is 45.9 Å². The Balaban J connectivity index is 1.38. The predicted octanol–water partition coefficient (Wildman–Crippen LogP) is 5.71. The second-order valence-electron chi connectivity index (χ2n) is 9.62. The van der Waals surface area contributed by atoms with E-state index in [1.54, 1.807) is 48.5 Å². The van der Waals surface area contributed by atoms with E-state index in [1.807, 2.05) is 24.3 Å². The fraction of sp³-hybridized carbons (Fsp3) is 0. The molecule has 10 nitrogen and oxygen atoms in total. The Hall–Kier alpha value is -4.88. The van der Waals surface area contributed by atoms with E-state index in [2.05, 4.69) is 9.97 Å². The zero-order valence-corrected chi connectivity index (χ0v) is 23.0. The molecule has 206 valence electrons. The Bertz CT molecular complexity index is 2310. The van der Waals surface area contributed by atoms with E-state index in [4.69, 9.17) is 9.97 Å². The number of hydrogen-bond donors (Lipinski definition) is 2. The van der Waals surface area contributed by atoms with Crippen LogP contribution in [0.25, 0.3) is 66.1 Å². The third-order valence-corrected chi connectivity index (χ3v) is 8.82. The number of pyridine rings is 4. The Kier molecular flexibility index (Phi) is 5.78. The topological polar surface area (TPSA) is 160 Å². The van der Waals surface area contributed by atoms with Crippen LogP contribution in [0.5, 0.6) is 0 Å². The Morgan fingerprint density at radius 2 is 0.952 bits per heavy atom. The van der Waals surface area contributed by atoms with E-state index >= 15 is 0 Å². The van der Waals surface area contributed by atoms with Crippen molar-refractivity contribution in [2.24, 2.45) is 0 Å². The molecule has 0 fully saturated rings. The minimum atomic E-state index is -4.48. The molecule has 0 aliphatic carbocycles. The lowest BCUT2D eigenvalue weighted by Gasteiger charge is -2.11. The molecule has 7 aromatic rings. The second kappa shape index (κ2) is 9.33. The highest BCUT2D eigenvalue weighted by molar-refractivity contribution is 7.86. The van der Waals surface area contributed by atoms with Crippen LogP contribution < -0.4 is 0 Å². The van der Waals surface area contributed by atoms with Gasteiger partial charge in [-0.1, -0.05) is 30.3 Å². The summed E-state index contributed by atoms with van der Waals surface area (Å²) in [6.45, 7) is 0. The van der Waals surface area contributed by atoms with Gasteiger partial charge in [-0.15, -0.1) is 0 Å². The highest BCUT2D eigenvalue weighted by atomic mass is 32.2. The van der Waals surface area contributed by atoms with Crippen molar-refractivity contribution in [2.45, 2.75) is 9.79 Å². The molecule has 0 spiro atoms. The average Bonchev–Trinajstić information content (AvgIpc) is 2.99. The van der Waals surface area contributed by atoms with Gasteiger partial charge < -0.3 is 0 Å². The fourth-order valence-corrected chi connectivity index (χ4v) is 6.60. The maximum atomic E-state index is 12.0. The van der Waals surface area contributed by atoms with Gasteiger partial charge in [0.05, 0.1) is 33.5 Å². The predicted molar refractivity (Wildman–Crippen MR) is 158 cm³/mol. The Labute approximate surface area is 238 Å². The first-order valence-electron chi connectivity index (χ1n) is 12.5. The molecule has 4 heterocycles. The van der Waals surface area contributed by atoms with E-state index < -0.39 is 20.2 Å². The van der Waals surface area contributed by atoms with Gasteiger partial charge in [-0.2, -0.15) is 16.8 Å². The molecule has 0 aliphatic rings. The van der Waals surface area contributed by atoms with Gasteiger partial charge in [0.15, 0.2) is 0 Å². The molecule has 0 saturated heterocycles. The maximum Gasteiger partial charge on any atom is 0.295 e. The SMILES string of the molecule is O=S(=O)(O)c1cc2ccc(-c3cccc(-c4ccc5cc(S(=O)(=O)O)c6cccnc6c5n4)c3)nc2c2ncccc12. The van der Waals surface area contributed by atoms with Crippen molar-refractivity contribution in [1.29, 1.82) is 0 Å². The van der Waals surface area contributed by atoms with Gasteiger partial charge in [0.1, 0.15) is 9.79 Å². The quantitative estimate of drug-likeness (QED) is 0.191. The summed E-state index contributed by atoms with van der Waals surface area (Å²) in [7, 11) is -8.96. The molecule has 0 bridgehead atoms. The second-order valence-corrected chi connectivity index (χ2v) is 12.4. The van der Waals surface area contributed by atoms with Crippen molar-refractivity contribution in [2.75, 3.05) is 0 Å². The highest BCUT2D eigenvalue weighted by Crippen LogP contribution is 2.34. The van der Waals surface area contributed by atoms with Crippen LogP contribution in [0.3, 0.4) is 0 Å². The normalized spacial score (nSPS) is 12.4. The molecule has 12 heteroatoms. The molecule has 42 heavy (non-hydrogen) atoms. The van der Waals surface area contributed by atoms with Crippen LogP contribution in [0.15, 0.2) is 107 Å². The Morgan fingerprint density at radius 3 is 1.38 bits per heavy atom. The Morgan fingerprint density at radius 1 is 0.500 bits per heavy atom. The van der Waals surface area contributed by atoms with Crippen molar-refractivity contribution in [3.63, 3.8) is 0 Å². The summed E-state index contributed by atoms with van der Waals surface area (Å²) in [5.74, 6) is 0. The first-order valence-corrected chi connectivity index (χ1v) is 15.4. The molecule has 3 aromatic carbocycles. The number of nitrogens with zero attached hydrogens (tertiary/aromatic N) is 4. The van der Waals surface area contributed by atoms with E-state index in [0.717, 1.165) is 11.1 Å². The van der Waals surface area contributed by atoms with E-state index in [0.29, 0.717) is 44.2 Å². The van der Waals surface area contributed by atoms with Gasteiger partial charge in [-0.3, -0.25) is 19.1 Å². The van der Waals surface area contributed by atoms with Crippen LogP contribution >= 0.6 is 0 Å². The molecule has 0 radical (unpaired) electrons. The van der Waals surface area contributed by atoms with Crippen molar-refractivity contribution in [1.82, 2.24) is 19.9 Å². The van der Waals surface area contributed by atoms with Crippen LogP contribution in [0.2, 0.25) is 0 Å². The highest BCUT2D eigenvalue weighted by Gasteiger charge is 2.20. The summed E-state index contributed by atoms with van der Waals surface area (Å²) in [6, 6.07) is 23.6. The number of rotatable bonds is 4. The number of benzene rings is 3. The van der Waals surface area contributed by atoms with Crippen LogP contribution in [-0.2, 0) is 20.2 Å². The minimum absolute atomic E-state index is 0.234. The summed E-state index contributed by atoms with van der Waals surface area (Å²) in [4.78, 5) is 17.8. The van der Waals surface area contributed by atoms with Crippen LogP contribution in [0.1, 0.15) is 0 Å². The van der Waals surface area contributed by atoms with Crippen molar-refractivity contribution in [3.8, 4) is 22.5 Å². The van der Waals surface area contributed by atoms with Crippen molar-refractivity contribution < 1.29 is 25.9 Å². The number of hydrogen-bond acceptors (Lipinski definition) is 8. The van der Waals surface area contributed by atoms with Crippen LogP contribution in [0.4, 0.5) is 0 Å². The summed E-state index contributed by atoms with van der Waals surface area (Å²) < 4.78 is 67.6. The first-order chi connectivity index (χ1) is 20.1. The average molecular weight is 595 g/mol.